The lowest BCUT2D eigenvalue weighted by Gasteiger charge is -2.10. The van der Waals surface area contributed by atoms with Crippen molar-refractivity contribution in [3.05, 3.63) is 36.4 Å². The molecule has 0 saturated heterocycles. The second-order valence-electron chi connectivity index (χ2n) is 4.41. The number of alkyl halides is 2. The summed E-state index contributed by atoms with van der Waals surface area (Å²) in [7, 11) is 0. The van der Waals surface area contributed by atoms with Gasteiger partial charge in [0.2, 0.25) is 5.88 Å². The molecule has 0 radical (unpaired) electrons. The molecule has 0 aliphatic rings. The standard InChI is InChI=1S/C15H17F2N3O/c1-2-8-18-13-9-14(21-10-12(16)17)20-15(19-13)11-6-4-3-5-7-11/h3-7,9,12H,2,8,10H2,1H3,(H,18,19,20). The molecule has 0 spiro atoms. The van der Waals surface area contributed by atoms with Gasteiger partial charge in [-0.2, -0.15) is 4.98 Å². The highest BCUT2D eigenvalue weighted by Gasteiger charge is 2.10. The second kappa shape index (κ2) is 7.52. The van der Waals surface area contributed by atoms with Crippen LogP contribution in [0.2, 0.25) is 0 Å². The third kappa shape index (κ3) is 4.66. The fraction of sp³-hybridized carbons (Fsp3) is 0.333. The van der Waals surface area contributed by atoms with E-state index in [1.54, 1.807) is 0 Å². The van der Waals surface area contributed by atoms with E-state index < -0.39 is 13.0 Å². The smallest absolute Gasteiger partial charge is 0.272 e. The third-order valence-corrected chi connectivity index (χ3v) is 2.65. The van der Waals surface area contributed by atoms with Crippen LogP contribution in [0.25, 0.3) is 11.4 Å². The van der Waals surface area contributed by atoms with Crippen molar-refractivity contribution in [1.82, 2.24) is 9.97 Å². The van der Waals surface area contributed by atoms with Gasteiger partial charge >= 0.3 is 0 Å². The summed E-state index contributed by atoms with van der Waals surface area (Å²) < 4.78 is 29.5. The Bertz CT molecular complexity index is 564. The van der Waals surface area contributed by atoms with E-state index >= 15 is 0 Å². The lowest BCUT2D eigenvalue weighted by molar-refractivity contribution is 0.0796. The summed E-state index contributed by atoms with van der Waals surface area (Å²) in [5.74, 6) is 1.15. The molecule has 0 aliphatic heterocycles. The van der Waals surface area contributed by atoms with Gasteiger partial charge in [-0.15, -0.1) is 0 Å². The molecule has 21 heavy (non-hydrogen) atoms. The number of ether oxygens (including phenoxy) is 1. The molecule has 112 valence electrons. The minimum Gasteiger partial charge on any atom is -0.471 e. The fourth-order valence-corrected chi connectivity index (χ4v) is 1.71. The van der Waals surface area contributed by atoms with Crippen molar-refractivity contribution < 1.29 is 13.5 Å². The summed E-state index contributed by atoms with van der Waals surface area (Å²) >= 11 is 0. The fourth-order valence-electron chi connectivity index (χ4n) is 1.71. The van der Waals surface area contributed by atoms with Gasteiger partial charge in [-0.1, -0.05) is 37.3 Å². The summed E-state index contributed by atoms with van der Waals surface area (Å²) in [6, 6.07) is 10.9. The number of benzene rings is 1. The van der Waals surface area contributed by atoms with Crippen LogP contribution in [-0.2, 0) is 0 Å². The van der Waals surface area contributed by atoms with Crippen molar-refractivity contribution in [2.24, 2.45) is 0 Å². The maximum atomic E-state index is 12.3. The predicted molar refractivity (Wildman–Crippen MR) is 77.7 cm³/mol. The number of hydrogen-bond donors (Lipinski definition) is 1. The molecule has 0 atom stereocenters. The highest BCUT2D eigenvalue weighted by Crippen LogP contribution is 2.21. The van der Waals surface area contributed by atoms with E-state index in [2.05, 4.69) is 15.3 Å². The molecule has 1 aromatic heterocycles. The Kier molecular flexibility index (Phi) is 5.43. The predicted octanol–water partition coefficient (Wildman–Crippen LogP) is 3.61. The zero-order chi connectivity index (χ0) is 15.1. The molecule has 0 saturated carbocycles. The van der Waals surface area contributed by atoms with Crippen LogP contribution in [-0.4, -0.2) is 29.5 Å². The van der Waals surface area contributed by atoms with Crippen molar-refractivity contribution in [2.75, 3.05) is 18.5 Å². The minimum absolute atomic E-state index is 0.141. The van der Waals surface area contributed by atoms with Crippen LogP contribution in [0.4, 0.5) is 14.6 Å². The van der Waals surface area contributed by atoms with E-state index in [1.165, 1.54) is 6.07 Å². The number of rotatable bonds is 7. The van der Waals surface area contributed by atoms with E-state index in [-0.39, 0.29) is 5.88 Å². The van der Waals surface area contributed by atoms with Crippen LogP contribution in [0.1, 0.15) is 13.3 Å². The maximum absolute atomic E-state index is 12.3. The van der Waals surface area contributed by atoms with Crippen LogP contribution >= 0.6 is 0 Å². The zero-order valence-corrected chi connectivity index (χ0v) is 11.7. The zero-order valence-electron chi connectivity index (χ0n) is 11.7. The molecular formula is C15H17F2N3O. The van der Waals surface area contributed by atoms with Gasteiger partial charge in [-0.3, -0.25) is 0 Å². The Hall–Kier alpha value is -2.24. The molecule has 0 amide bonds. The largest absolute Gasteiger partial charge is 0.471 e. The molecule has 0 aliphatic carbocycles. The first-order chi connectivity index (χ1) is 10.2. The SMILES string of the molecule is CCCNc1cc(OCC(F)F)nc(-c2ccccc2)n1. The van der Waals surface area contributed by atoms with Crippen molar-refractivity contribution in [1.29, 1.82) is 0 Å². The highest BCUT2D eigenvalue weighted by molar-refractivity contribution is 5.58. The number of nitrogens with zero attached hydrogens (tertiary/aromatic N) is 2. The van der Waals surface area contributed by atoms with Gasteiger partial charge in [0.1, 0.15) is 5.82 Å². The number of nitrogens with one attached hydrogen (secondary N) is 1. The van der Waals surface area contributed by atoms with Crippen molar-refractivity contribution >= 4 is 5.82 Å². The van der Waals surface area contributed by atoms with Crippen molar-refractivity contribution in [3.63, 3.8) is 0 Å². The van der Waals surface area contributed by atoms with Gasteiger partial charge < -0.3 is 10.1 Å². The quantitative estimate of drug-likeness (QED) is 0.847. The normalized spacial score (nSPS) is 10.7. The van der Waals surface area contributed by atoms with Gasteiger partial charge in [0.05, 0.1) is 0 Å². The van der Waals surface area contributed by atoms with E-state index in [0.717, 1.165) is 18.5 Å². The average Bonchev–Trinajstić information content (AvgIpc) is 2.51. The molecule has 2 rings (SSSR count). The lowest BCUT2D eigenvalue weighted by Crippen LogP contribution is -2.10. The summed E-state index contributed by atoms with van der Waals surface area (Å²) in [5, 5.41) is 3.11. The molecule has 6 heteroatoms. The Morgan fingerprint density at radius 2 is 1.95 bits per heavy atom. The summed E-state index contributed by atoms with van der Waals surface area (Å²) in [6.07, 6.45) is -1.61. The second-order valence-corrected chi connectivity index (χ2v) is 4.41. The van der Waals surface area contributed by atoms with Crippen LogP contribution in [0.15, 0.2) is 36.4 Å². The number of hydrogen-bond acceptors (Lipinski definition) is 4. The summed E-state index contributed by atoms with van der Waals surface area (Å²) in [4.78, 5) is 8.56. The van der Waals surface area contributed by atoms with Gasteiger partial charge in [0.15, 0.2) is 12.4 Å². The molecule has 4 nitrogen and oxygen atoms in total. The van der Waals surface area contributed by atoms with Gasteiger partial charge in [-0.05, 0) is 6.42 Å². The first kappa shape index (κ1) is 15.2. The van der Waals surface area contributed by atoms with Crippen LogP contribution in [0, 0.1) is 0 Å². The lowest BCUT2D eigenvalue weighted by atomic mass is 10.2. The molecule has 1 aromatic carbocycles. The highest BCUT2D eigenvalue weighted by atomic mass is 19.3. The molecule has 1 heterocycles. The topological polar surface area (TPSA) is 47.0 Å². The maximum Gasteiger partial charge on any atom is 0.272 e. The number of halogens is 2. The van der Waals surface area contributed by atoms with Crippen LogP contribution < -0.4 is 10.1 Å². The summed E-state index contributed by atoms with van der Waals surface area (Å²) in [6.45, 7) is 2.08. The molecule has 0 unspecified atom stereocenters. The van der Waals surface area contributed by atoms with E-state index in [1.807, 2.05) is 37.3 Å². The first-order valence-corrected chi connectivity index (χ1v) is 6.78. The Morgan fingerprint density at radius 1 is 1.19 bits per heavy atom. The first-order valence-electron chi connectivity index (χ1n) is 6.78. The van der Waals surface area contributed by atoms with E-state index in [4.69, 9.17) is 4.74 Å². The third-order valence-electron chi connectivity index (χ3n) is 2.65. The van der Waals surface area contributed by atoms with Gasteiger partial charge in [0, 0.05) is 18.2 Å². The Labute approximate surface area is 122 Å². The number of aromatic nitrogens is 2. The molecule has 2 aromatic rings. The van der Waals surface area contributed by atoms with Gasteiger partial charge in [-0.25, -0.2) is 13.8 Å². The molecule has 0 fully saturated rings. The molecular weight excluding hydrogens is 276 g/mol. The van der Waals surface area contributed by atoms with Crippen molar-refractivity contribution in [3.8, 4) is 17.3 Å². The molecule has 1 N–H and O–H groups in total. The van der Waals surface area contributed by atoms with Crippen LogP contribution in [0.5, 0.6) is 5.88 Å². The summed E-state index contributed by atoms with van der Waals surface area (Å²) in [5.41, 5.74) is 0.805. The Balaban J connectivity index is 2.28. The molecule has 0 bridgehead atoms. The van der Waals surface area contributed by atoms with Gasteiger partial charge in [0.25, 0.3) is 6.43 Å². The van der Waals surface area contributed by atoms with E-state index in [9.17, 15) is 8.78 Å². The van der Waals surface area contributed by atoms with E-state index in [0.29, 0.717) is 11.6 Å². The monoisotopic (exact) mass is 293 g/mol. The number of anilines is 1. The van der Waals surface area contributed by atoms with Crippen molar-refractivity contribution in [2.45, 2.75) is 19.8 Å². The average molecular weight is 293 g/mol. The van der Waals surface area contributed by atoms with Crippen LogP contribution in [0.3, 0.4) is 0 Å². The minimum atomic E-state index is -2.54. The Morgan fingerprint density at radius 3 is 2.62 bits per heavy atom.